The molecule has 0 saturated heterocycles. The van der Waals surface area contributed by atoms with Crippen molar-refractivity contribution in [1.82, 2.24) is 5.16 Å². The molecule has 2 aromatic carbocycles. The van der Waals surface area contributed by atoms with Crippen LogP contribution in [-0.4, -0.2) is 51.8 Å². The van der Waals surface area contributed by atoms with E-state index in [1.54, 1.807) is 7.11 Å². The summed E-state index contributed by atoms with van der Waals surface area (Å²) in [5, 5.41) is 5.17. The first-order chi connectivity index (χ1) is 13.7. The highest BCUT2D eigenvalue weighted by Gasteiger charge is 2.49. The zero-order chi connectivity index (χ0) is 19.1. The van der Waals surface area contributed by atoms with E-state index < -0.39 is 0 Å². The van der Waals surface area contributed by atoms with Crippen molar-refractivity contribution < 1.29 is 18.7 Å². The van der Waals surface area contributed by atoms with Crippen LogP contribution in [-0.2, 0) is 14.9 Å². The number of rotatable bonds is 6. The number of anilines is 1. The smallest absolute Gasteiger partial charge is 0.170 e. The highest BCUT2D eigenvalue weighted by molar-refractivity contribution is 5.84. The van der Waals surface area contributed by atoms with Crippen LogP contribution in [0.2, 0.25) is 0 Å². The molecule has 6 nitrogen and oxygen atoms in total. The summed E-state index contributed by atoms with van der Waals surface area (Å²) in [4.78, 5) is 2.41. The Morgan fingerprint density at radius 3 is 2.93 bits per heavy atom. The number of benzene rings is 2. The van der Waals surface area contributed by atoms with Crippen LogP contribution in [0.3, 0.4) is 0 Å². The summed E-state index contributed by atoms with van der Waals surface area (Å²) in [5.74, 6) is 0.900. The van der Waals surface area contributed by atoms with Crippen molar-refractivity contribution >= 4 is 16.7 Å². The fourth-order valence-corrected chi connectivity index (χ4v) is 4.48. The predicted molar refractivity (Wildman–Crippen MR) is 106 cm³/mol. The lowest BCUT2D eigenvalue weighted by molar-refractivity contribution is 0.0740. The molecule has 1 spiro atoms. The minimum absolute atomic E-state index is 0.170. The van der Waals surface area contributed by atoms with Crippen LogP contribution in [0.5, 0.6) is 5.75 Å². The van der Waals surface area contributed by atoms with Crippen molar-refractivity contribution in [3.8, 4) is 5.75 Å². The Balaban J connectivity index is 1.50. The van der Waals surface area contributed by atoms with Gasteiger partial charge in [0.1, 0.15) is 12.4 Å². The minimum Gasteiger partial charge on any atom is -0.492 e. The molecular formula is C22H24N2O4. The van der Waals surface area contributed by atoms with E-state index >= 15 is 0 Å². The molecule has 5 rings (SSSR count). The quantitative estimate of drug-likeness (QED) is 0.612. The Morgan fingerprint density at radius 1 is 1.14 bits per heavy atom. The summed E-state index contributed by atoms with van der Waals surface area (Å²) in [6.07, 6.45) is 0. The molecule has 0 radical (unpaired) electrons. The second-order valence-corrected chi connectivity index (χ2v) is 7.53. The summed E-state index contributed by atoms with van der Waals surface area (Å²) >= 11 is 0. The highest BCUT2D eigenvalue weighted by atomic mass is 16.5. The lowest BCUT2D eigenvalue weighted by Crippen LogP contribution is -2.37. The number of para-hydroxylation sites is 1. The van der Waals surface area contributed by atoms with Gasteiger partial charge in [0.25, 0.3) is 0 Å². The number of ether oxygens (including phenoxy) is 3. The third kappa shape index (κ3) is 2.59. The number of methoxy groups -OCH3 is 1. The Kier molecular flexibility index (Phi) is 4.25. The summed E-state index contributed by atoms with van der Waals surface area (Å²) < 4.78 is 22.4. The van der Waals surface area contributed by atoms with Gasteiger partial charge in [-0.05, 0) is 24.6 Å². The van der Waals surface area contributed by atoms with Crippen molar-refractivity contribution in [3.63, 3.8) is 0 Å². The van der Waals surface area contributed by atoms with Crippen molar-refractivity contribution in [2.24, 2.45) is 0 Å². The van der Waals surface area contributed by atoms with E-state index in [1.165, 1.54) is 16.8 Å². The van der Waals surface area contributed by atoms with Crippen LogP contribution < -0.4 is 9.64 Å². The molecule has 0 N–H and O–H groups in total. The molecule has 0 bridgehead atoms. The van der Waals surface area contributed by atoms with E-state index in [0.717, 1.165) is 35.5 Å². The number of nitrogens with zero attached hydrogens (tertiary/aromatic N) is 2. The highest BCUT2D eigenvalue weighted by Crippen LogP contribution is 2.52. The molecule has 0 amide bonds. The molecule has 2 aliphatic heterocycles. The fourth-order valence-electron chi connectivity index (χ4n) is 4.48. The van der Waals surface area contributed by atoms with Gasteiger partial charge in [-0.25, -0.2) is 0 Å². The monoisotopic (exact) mass is 380 g/mol. The SMILES string of the molecule is COCCOCCN1CC2(COc3cc4onc(C)c4cc32)c2ccccc21. The molecule has 146 valence electrons. The van der Waals surface area contributed by atoms with Crippen LogP contribution >= 0.6 is 0 Å². The molecule has 3 aromatic rings. The second-order valence-electron chi connectivity index (χ2n) is 7.53. The van der Waals surface area contributed by atoms with Gasteiger partial charge in [0.15, 0.2) is 5.58 Å². The van der Waals surface area contributed by atoms with Crippen molar-refractivity contribution in [2.45, 2.75) is 12.3 Å². The largest absolute Gasteiger partial charge is 0.492 e. The van der Waals surface area contributed by atoms with E-state index in [2.05, 4.69) is 40.4 Å². The summed E-state index contributed by atoms with van der Waals surface area (Å²) in [7, 11) is 1.69. The lowest BCUT2D eigenvalue weighted by atomic mass is 9.77. The van der Waals surface area contributed by atoms with Gasteiger partial charge in [-0.2, -0.15) is 0 Å². The molecule has 6 heteroatoms. The van der Waals surface area contributed by atoms with Gasteiger partial charge in [0, 0.05) is 42.9 Å². The molecule has 28 heavy (non-hydrogen) atoms. The van der Waals surface area contributed by atoms with Gasteiger partial charge in [0.05, 0.1) is 30.9 Å². The van der Waals surface area contributed by atoms with Gasteiger partial charge in [0.2, 0.25) is 0 Å². The zero-order valence-electron chi connectivity index (χ0n) is 16.2. The summed E-state index contributed by atoms with van der Waals surface area (Å²) in [6.45, 7) is 6.25. The van der Waals surface area contributed by atoms with Crippen LogP contribution in [0.25, 0.3) is 11.0 Å². The van der Waals surface area contributed by atoms with Gasteiger partial charge in [-0.15, -0.1) is 0 Å². The maximum absolute atomic E-state index is 6.15. The Labute approximate surface area is 164 Å². The molecule has 3 heterocycles. The van der Waals surface area contributed by atoms with Crippen molar-refractivity contribution in [3.05, 3.63) is 53.2 Å². The Bertz CT molecular complexity index is 1010. The van der Waals surface area contributed by atoms with Gasteiger partial charge in [-0.3, -0.25) is 0 Å². The predicted octanol–water partition coefficient (Wildman–Crippen LogP) is 3.30. The Morgan fingerprint density at radius 2 is 2.04 bits per heavy atom. The van der Waals surface area contributed by atoms with Gasteiger partial charge < -0.3 is 23.6 Å². The topological polar surface area (TPSA) is 57.0 Å². The minimum atomic E-state index is -0.170. The maximum atomic E-state index is 6.15. The number of hydrogen-bond acceptors (Lipinski definition) is 6. The summed E-state index contributed by atoms with van der Waals surface area (Å²) in [5.41, 5.74) is 5.32. The first-order valence-corrected chi connectivity index (χ1v) is 9.67. The van der Waals surface area contributed by atoms with E-state index in [0.29, 0.717) is 26.4 Å². The molecule has 1 aromatic heterocycles. The molecule has 0 saturated carbocycles. The molecule has 1 unspecified atom stereocenters. The van der Waals surface area contributed by atoms with E-state index in [4.69, 9.17) is 18.7 Å². The summed E-state index contributed by atoms with van der Waals surface area (Å²) in [6, 6.07) is 12.8. The van der Waals surface area contributed by atoms with E-state index in [-0.39, 0.29) is 5.41 Å². The molecule has 0 fully saturated rings. The third-order valence-corrected chi connectivity index (χ3v) is 5.90. The fraction of sp³-hybridized carbons (Fsp3) is 0.409. The molecule has 1 atom stereocenters. The van der Waals surface area contributed by atoms with Gasteiger partial charge in [-0.1, -0.05) is 23.4 Å². The van der Waals surface area contributed by atoms with E-state index in [1.807, 2.05) is 13.0 Å². The average Bonchev–Trinajstić information content (AvgIpc) is 3.37. The lowest BCUT2D eigenvalue weighted by Gasteiger charge is -2.25. The third-order valence-electron chi connectivity index (χ3n) is 5.90. The van der Waals surface area contributed by atoms with Crippen molar-refractivity contribution in [2.75, 3.05) is 51.5 Å². The van der Waals surface area contributed by atoms with E-state index in [9.17, 15) is 0 Å². The molecular weight excluding hydrogens is 356 g/mol. The van der Waals surface area contributed by atoms with Gasteiger partial charge >= 0.3 is 0 Å². The van der Waals surface area contributed by atoms with Crippen LogP contribution in [0, 0.1) is 6.92 Å². The first-order valence-electron chi connectivity index (χ1n) is 9.67. The first kappa shape index (κ1) is 17.5. The number of fused-ring (bicyclic) bond motifs is 5. The normalized spacial score (nSPS) is 20.0. The molecule has 0 aliphatic carbocycles. The standard InChI is InChI=1S/C22H24N2O4/c1-15-16-11-18-21(12-20(16)28-23-15)27-14-22(18)13-24(7-8-26-10-9-25-2)19-6-4-3-5-17(19)22/h3-6,11-12H,7-10,13-14H2,1-2H3. The average molecular weight is 380 g/mol. The zero-order valence-corrected chi connectivity index (χ0v) is 16.2. The van der Waals surface area contributed by atoms with Crippen LogP contribution in [0.15, 0.2) is 40.9 Å². The number of hydrogen-bond donors (Lipinski definition) is 0. The van der Waals surface area contributed by atoms with Crippen molar-refractivity contribution in [1.29, 1.82) is 0 Å². The Hall–Kier alpha value is -2.57. The van der Waals surface area contributed by atoms with Crippen LogP contribution in [0.4, 0.5) is 5.69 Å². The van der Waals surface area contributed by atoms with Crippen LogP contribution in [0.1, 0.15) is 16.8 Å². The number of aryl methyl sites for hydroxylation is 1. The number of aromatic nitrogens is 1. The second kappa shape index (κ2) is 6.79. The molecule has 2 aliphatic rings. The maximum Gasteiger partial charge on any atom is 0.170 e.